The zero-order valence-corrected chi connectivity index (χ0v) is 10.6. The molecule has 0 spiro atoms. The standard InChI is InChI=1S/C13H18ClNO/c1-11-6-5-7-12(10-11)15(2)13(16)8-3-4-9-14/h5-7,10H,3-4,8-9H2,1-2H3. The largest absolute Gasteiger partial charge is 0.315 e. The molecule has 0 atom stereocenters. The van der Waals surface area contributed by atoms with Gasteiger partial charge in [0.1, 0.15) is 0 Å². The lowest BCUT2D eigenvalue weighted by Gasteiger charge is -2.17. The summed E-state index contributed by atoms with van der Waals surface area (Å²) in [5.41, 5.74) is 2.12. The van der Waals surface area contributed by atoms with Gasteiger partial charge >= 0.3 is 0 Å². The molecular weight excluding hydrogens is 222 g/mol. The molecule has 1 aromatic rings. The van der Waals surface area contributed by atoms with Crippen LogP contribution in [0.2, 0.25) is 0 Å². The van der Waals surface area contributed by atoms with Crippen molar-refractivity contribution in [3.8, 4) is 0 Å². The number of anilines is 1. The van der Waals surface area contributed by atoms with Gasteiger partial charge < -0.3 is 4.90 Å². The van der Waals surface area contributed by atoms with Gasteiger partial charge in [0.05, 0.1) is 0 Å². The zero-order valence-electron chi connectivity index (χ0n) is 9.87. The van der Waals surface area contributed by atoms with Crippen molar-refractivity contribution in [1.29, 1.82) is 0 Å². The maximum absolute atomic E-state index is 11.8. The minimum absolute atomic E-state index is 0.149. The van der Waals surface area contributed by atoms with E-state index in [-0.39, 0.29) is 5.91 Å². The van der Waals surface area contributed by atoms with E-state index < -0.39 is 0 Å². The summed E-state index contributed by atoms with van der Waals surface area (Å²) in [5, 5.41) is 0. The lowest BCUT2D eigenvalue weighted by molar-refractivity contribution is -0.118. The van der Waals surface area contributed by atoms with Crippen LogP contribution in [0.1, 0.15) is 24.8 Å². The second-order valence-electron chi connectivity index (χ2n) is 3.94. The third kappa shape index (κ3) is 3.86. The summed E-state index contributed by atoms with van der Waals surface area (Å²) < 4.78 is 0. The summed E-state index contributed by atoms with van der Waals surface area (Å²) >= 11 is 5.58. The molecule has 0 aliphatic carbocycles. The molecule has 0 aliphatic heterocycles. The van der Waals surface area contributed by atoms with E-state index in [1.165, 1.54) is 0 Å². The van der Waals surface area contributed by atoms with E-state index in [0.717, 1.165) is 24.1 Å². The van der Waals surface area contributed by atoms with Crippen LogP contribution in [0, 0.1) is 6.92 Å². The fraction of sp³-hybridized carbons (Fsp3) is 0.462. The van der Waals surface area contributed by atoms with Gasteiger partial charge in [0.25, 0.3) is 0 Å². The summed E-state index contributed by atoms with van der Waals surface area (Å²) in [6.07, 6.45) is 2.32. The number of benzene rings is 1. The zero-order chi connectivity index (χ0) is 12.0. The fourth-order valence-electron chi connectivity index (χ4n) is 1.52. The smallest absolute Gasteiger partial charge is 0.226 e. The van der Waals surface area contributed by atoms with Gasteiger partial charge in [-0.25, -0.2) is 0 Å². The number of hydrogen-bond donors (Lipinski definition) is 0. The maximum atomic E-state index is 11.8. The summed E-state index contributed by atoms with van der Waals surface area (Å²) in [7, 11) is 1.82. The third-order valence-electron chi connectivity index (χ3n) is 2.54. The Balaban J connectivity index is 2.56. The van der Waals surface area contributed by atoms with E-state index in [0.29, 0.717) is 12.3 Å². The number of hydrogen-bond acceptors (Lipinski definition) is 1. The number of halogens is 1. The van der Waals surface area contributed by atoms with Gasteiger partial charge in [0.2, 0.25) is 5.91 Å². The van der Waals surface area contributed by atoms with Crippen molar-refractivity contribution >= 4 is 23.2 Å². The molecule has 1 aromatic carbocycles. The molecule has 0 heterocycles. The van der Waals surface area contributed by atoms with Gasteiger partial charge in [-0.05, 0) is 37.5 Å². The molecule has 0 N–H and O–H groups in total. The Morgan fingerprint density at radius 2 is 2.12 bits per heavy atom. The average molecular weight is 240 g/mol. The molecule has 0 unspecified atom stereocenters. The highest BCUT2D eigenvalue weighted by molar-refractivity contribution is 6.17. The van der Waals surface area contributed by atoms with Crippen molar-refractivity contribution in [2.24, 2.45) is 0 Å². The predicted octanol–water partition coefficient (Wildman–Crippen LogP) is 3.37. The first-order valence-electron chi connectivity index (χ1n) is 5.54. The fourth-order valence-corrected chi connectivity index (χ4v) is 1.71. The third-order valence-corrected chi connectivity index (χ3v) is 2.80. The van der Waals surface area contributed by atoms with Crippen LogP contribution in [0.4, 0.5) is 5.69 Å². The number of alkyl halides is 1. The normalized spacial score (nSPS) is 10.2. The maximum Gasteiger partial charge on any atom is 0.226 e. The molecule has 0 saturated heterocycles. The van der Waals surface area contributed by atoms with Crippen LogP contribution in [0.5, 0.6) is 0 Å². The first-order valence-corrected chi connectivity index (χ1v) is 6.08. The molecular formula is C13H18ClNO. The van der Waals surface area contributed by atoms with Gasteiger partial charge in [-0.3, -0.25) is 4.79 Å². The summed E-state index contributed by atoms with van der Waals surface area (Å²) in [4.78, 5) is 13.5. The molecule has 0 saturated carbocycles. The summed E-state index contributed by atoms with van der Waals surface area (Å²) in [6, 6.07) is 7.95. The molecule has 0 radical (unpaired) electrons. The lowest BCUT2D eigenvalue weighted by atomic mass is 10.2. The summed E-state index contributed by atoms with van der Waals surface area (Å²) in [5.74, 6) is 0.775. The molecule has 0 aromatic heterocycles. The number of rotatable bonds is 5. The highest BCUT2D eigenvalue weighted by atomic mass is 35.5. The molecule has 2 nitrogen and oxygen atoms in total. The van der Waals surface area contributed by atoms with Crippen molar-refractivity contribution in [3.63, 3.8) is 0 Å². The van der Waals surface area contributed by atoms with Crippen LogP contribution in [-0.4, -0.2) is 18.8 Å². The second kappa shape index (κ2) is 6.54. The van der Waals surface area contributed by atoms with Crippen molar-refractivity contribution in [2.75, 3.05) is 17.8 Å². The quantitative estimate of drug-likeness (QED) is 0.570. The minimum atomic E-state index is 0.149. The highest BCUT2D eigenvalue weighted by Crippen LogP contribution is 2.15. The molecule has 1 amide bonds. The molecule has 0 bridgehead atoms. The highest BCUT2D eigenvalue weighted by Gasteiger charge is 2.09. The van der Waals surface area contributed by atoms with Crippen LogP contribution in [0.3, 0.4) is 0 Å². The Hall–Kier alpha value is -1.02. The van der Waals surface area contributed by atoms with Crippen molar-refractivity contribution in [1.82, 2.24) is 0 Å². The van der Waals surface area contributed by atoms with Gasteiger partial charge in [0, 0.05) is 25.0 Å². The SMILES string of the molecule is Cc1cccc(N(C)C(=O)CCCCCl)c1. The number of amides is 1. The first-order chi connectivity index (χ1) is 7.65. The van der Waals surface area contributed by atoms with E-state index in [1.807, 2.05) is 38.2 Å². The van der Waals surface area contributed by atoms with Crippen LogP contribution in [0.15, 0.2) is 24.3 Å². The summed E-state index contributed by atoms with van der Waals surface area (Å²) in [6.45, 7) is 2.02. The Morgan fingerprint density at radius 3 is 2.75 bits per heavy atom. The molecule has 88 valence electrons. The van der Waals surface area contributed by atoms with Crippen LogP contribution >= 0.6 is 11.6 Å². The minimum Gasteiger partial charge on any atom is -0.315 e. The monoisotopic (exact) mass is 239 g/mol. The topological polar surface area (TPSA) is 20.3 Å². The van der Waals surface area contributed by atoms with Gasteiger partial charge in [-0.1, -0.05) is 12.1 Å². The first kappa shape index (κ1) is 13.0. The number of unbranched alkanes of at least 4 members (excludes halogenated alkanes) is 1. The van der Waals surface area contributed by atoms with Crippen molar-refractivity contribution in [3.05, 3.63) is 29.8 Å². The predicted molar refractivity (Wildman–Crippen MR) is 69.2 cm³/mol. The van der Waals surface area contributed by atoms with Gasteiger partial charge in [0.15, 0.2) is 0 Å². The Morgan fingerprint density at radius 1 is 1.38 bits per heavy atom. The van der Waals surface area contributed by atoms with Crippen molar-refractivity contribution < 1.29 is 4.79 Å². The molecule has 0 fully saturated rings. The lowest BCUT2D eigenvalue weighted by Crippen LogP contribution is -2.25. The molecule has 1 rings (SSSR count). The van der Waals surface area contributed by atoms with Gasteiger partial charge in [-0.15, -0.1) is 11.6 Å². The Bertz CT molecular complexity index is 352. The van der Waals surface area contributed by atoms with Crippen LogP contribution in [0.25, 0.3) is 0 Å². The van der Waals surface area contributed by atoms with Gasteiger partial charge in [-0.2, -0.15) is 0 Å². The number of carbonyl (C=O) groups excluding carboxylic acids is 1. The Labute approximate surface area is 102 Å². The average Bonchev–Trinajstić information content (AvgIpc) is 2.28. The van der Waals surface area contributed by atoms with E-state index in [9.17, 15) is 4.79 Å². The van der Waals surface area contributed by atoms with E-state index in [1.54, 1.807) is 4.90 Å². The van der Waals surface area contributed by atoms with Crippen LogP contribution < -0.4 is 4.90 Å². The number of aryl methyl sites for hydroxylation is 1. The van der Waals surface area contributed by atoms with E-state index >= 15 is 0 Å². The molecule has 3 heteroatoms. The van der Waals surface area contributed by atoms with E-state index in [2.05, 4.69) is 0 Å². The second-order valence-corrected chi connectivity index (χ2v) is 4.32. The van der Waals surface area contributed by atoms with Crippen molar-refractivity contribution in [2.45, 2.75) is 26.2 Å². The Kier molecular flexibility index (Phi) is 5.33. The van der Waals surface area contributed by atoms with E-state index in [4.69, 9.17) is 11.6 Å². The number of carbonyl (C=O) groups is 1. The molecule has 0 aliphatic rings. The van der Waals surface area contributed by atoms with Crippen LogP contribution in [-0.2, 0) is 4.79 Å². The molecule has 16 heavy (non-hydrogen) atoms. The number of nitrogens with zero attached hydrogens (tertiary/aromatic N) is 1.